The van der Waals surface area contributed by atoms with Gasteiger partial charge in [0, 0.05) is 35.5 Å². The zero-order chi connectivity index (χ0) is 24.9. The number of rotatable bonds is 5. The SMILES string of the molecule is O=C(Nc1cncc(-c2cc3c(-c4nc5c(-c6ccccn6)nccc5[nH]4)[nH]nc3c(F)n2)c1)C1CC1. The number of carbonyl (C=O) groups excluding carboxylic acids is 1. The van der Waals surface area contributed by atoms with E-state index in [1.165, 1.54) is 0 Å². The van der Waals surface area contributed by atoms with Gasteiger partial charge >= 0.3 is 0 Å². The first-order valence-corrected chi connectivity index (χ1v) is 11.7. The third kappa shape index (κ3) is 3.77. The van der Waals surface area contributed by atoms with Gasteiger partial charge in [-0.25, -0.2) is 9.97 Å². The number of hydrogen-bond donors (Lipinski definition) is 3. The molecule has 3 N–H and O–H groups in total. The van der Waals surface area contributed by atoms with Crippen LogP contribution in [0.1, 0.15) is 12.8 Å². The largest absolute Gasteiger partial charge is 0.337 e. The van der Waals surface area contributed by atoms with Gasteiger partial charge in [0.05, 0.1) is 28.8 Å². The molecule has 7 rings (SSSR count). The Hall–Kier alpha value is -5.06. The van der Waals surface area contributed by atoms with E-state index in [1.807, 2.05) is 24.3 Å². The lowest BCUT2D eigenvalue weighted by Crippen LogP contribution is -2.13. The number of nitrogens with one attached hydrogen (secondary N) is 3. The summed E-state index contributed by atoms with van der Waals surface area (Å²) < 4.78 is 15.0. The maximum Gasteiger partial charge on any atom is 0.241 e. The van der Waals surface area contributed by atoms with E-state index in [-0.39, 0.29) is 17.3 Å². The predicted molar refractivity (Wildman–Crippen MR) is 135 cm³/mol. The normalized spacial score (nSPS) is 13.3. The van der Waals surface area contributed by atoms with Crippen LogP contribution in [0.15, 0.2) is 61.2 Å². The van der Waals surface area contributed by atoms with Crippen molar-refractivity contribution in [3.63, 3.8) is 0 Å². The molecular formula is C26H18FN9O. The van der Waals surface area contributed by atoms with Crippen molar-refractivity contribution in [2.75, 3.05) is 5.32 Å². The fraction of sp³-hybridized carbons (Fsp3) is 0.115. The van der Waals surface area contributed by atoms with E-state index in [0.29, 0.717) is 50.8 Å². The van der Waals surface area contributed by atoms with Gasteiger partial charge in [0.15, 0.2) is 5.82 Å². The molecule has 1 amide bonds. The average Bonchev–Trinajstić information content (AvgIpc) is 3.55. The van der Waals surface area contributed by atoms with E-state index in [1.54, 1.807) is 36.9 Å². The van der Waals surface area contributed by atoms with Crippen molar-refractivity contribution in [2.45, 2.75) is 12.8 Å². The summed E-state index contributed by atoms with van der Waals surface area (Å²) in [4.78, 5) is 37.3. The summed E-state index contributed by atoms with van der Waals surface area (Å²) >= 11 is 0. The summed E-state index contributed by atoms with van der Waals surface area (Å²) in [5.74, 6) is -0.228. The molecule has 0 spiro atoms. The number of halogens is 1. The molecule has 0 saturated heterocycles. The molecular weight excluding hydrogens is 473 g/mol. The quantitative estimate of drug-likeness (QED) is 0.302. The highest BCUT2D eigenvalue weighted by atomic mass is 19.1. The van der Waals surface area contributed by atoms with Gasteiger partial charge in [0.1, 0.15) is 22.4 Å². The first-order valence-electron chi connectivity index (χ1n) is 11.7. The van der Waals surface area contributed by atoms with E-state index < -0.39 is 5.95 Å². The molecule has 0 bridgehead atoms. The molecule has 6 aromatic heterocycles. The summed E-state index contributed by atoms with van der Waals surface area (Å²) in [5.41, 5.74) is 4.77. The zero-order valence-electron chi connectivity index (χ0n) is 19.2. The topological polar surface area (TPSA) is 138 Å². The molecule has 1 fully saturated rings. The van der Waals surface area contributed by atoms with Crippen molar-refractivity contribution in [2.24, 2.45) is 5.92 Å². The van der Waals surface area contributed by atoms with Gasteiger partial charge in [0.25, 0.3) is 0 Å². The molecule has 0 aromatic carbocycles. The van der Waals surface area contributed by atoms with Crippen molar-refractivity contribution < 1.29 is 9.18 Å². The van der Waals surface area contributed by atoms with Crippen LogP contribution >= 0.6 is 0 Å². The van der Waals surface area contributed by atoms with Gasteiger partial charge in [0.2, 0.25) is 11.9 Å². The molecule has 1 aliphatic rings. The lowest BCUT2D eigenvalue weighted by molar-refractivity contribution is -0.117. The van der Waals surface area contributed by atoms with Crippen LogP contribution < -0.4 is 5.32 Å². The molecule has 0 unspecified atom stereocenters. The van der Waals surface area contributed by atoms with Crippen LogP contribution in [0.4, 0.5) is 10.1 Å². The minimum absolute atomic E-state index is 0.0323. The number of aromatic amines is 2. The average molecular weight is 491 g/mol. The first kappa shape index (κ1) is 21.2. The van der Waals surface area contributed by atoms with Crippen LogP contribution in [-0.2, 0) is 4.79 Å². The van der Waals surface area contributed by atoms with Gasteiger partial charge in [-0.15, -0.1) is 0 Å². The van der Waals surface area contributed by atoms with Crippen LogP contribution in [0, 0.1) is 11.9 Å². The molecule has 6 aromatic rings. The standard InChI is InChI=1S/C26H18FN9O/c27-24-20-16(10-19(32-24)14-9-15(12-28-11-14)31-26(37)13-4-5-13)21(36-35-20)25-33-18-6-8-30-22(23(18)34-25)17-3-1-2-7-29-17/h1-3,6-13H,4-5H2,(H,31,37)(H,33,34)(H,35,36). The molecule has 1 aliphatic carbocycles. The fourth-order valence-corrected chi connectivity index (χ4v) is 4.29. The van der Waals surface area contributed by atoms with E-state index in [0.717, 1.165) is 18.4 Å². The first-order chi connectivity index (χ1) is 18.1. The summed E-state index contributed by atoms with van der Waals surface area (Å²) in [5, 5.41) is 10.4. The van der Waals surface area contributed by atoms with Crippen molar-refractivity contribution in [1.82, 2.24) is 40.1 Å². The third-order valence-corrected chi connectivity index (χ3v) is 6.29. The van der Waals surface area contributed by atoms with Crippen LogP contribution in [0.25, 0.3) is 56.1 Å². The summed E-state index contributed by atoms with van der Waals surface area (Å²) in [6.07, 6.45) is 8.31. The Balaban J connectivity index is 1.31. The molecule has 37 heavy (non-hydrogen) atoms. The Morgan fingerprint density at radius 1 is 1.00 bits per heavy atom. The Morgan fingerprint density at radius 3 is 2.76 bits per heavy atom. The Morgan fingerprint density at radius 2 is 1.92 bits per heavy atom. The van der Waals surface area contributed by atoms with Crippen LogP contribution in [0.2, 0.25) is 0 Å². The van der Waals surface area contributed by atoms with Crippen molar-refractivity contribution >= 4 is 33.5 Å². The number of aromatic nitrogens is 8. The fourth-order valence-electron chi connectivity index (χ4n) is 4.29. The van der Waals surface area contributed by atoms with Crippen molar-refractivity contribution in [3.05, 3.63) is 67.1 Å². The van der Waals surface area contributed by atoms with Gasteiger partial charge in [-0.3, -0.25) is 24.8 Å². The number of anilines is 1. The number of H-pyrrole nitrogens is 2. The number of amides is 1. The predicted octanol–water partition coefficient (Wildman–Crippen LogP) is 4.51. The molecule has 180 valence electrons. The van der Waals surface area contributed by atoms with E-state index in [4.69, 9.17) is 4.98 Å². The van der Waals surface area contributed by atoms with E-state index in [9.17, 15) is 4.79 Å². The third-order valence-electron chi connectivity index (χ3n) is 6.29. The minimum Gasteiger partial charge on any atom is -0.337 e. The van der Waals surface area contributed by atoms with Crippen LogP contribution in [-0.4, -0.2) is 46.0 Å². The van der Waals surface area contributed by atoms with Crippen molar-refractivity contribution in [1.29, 1.82) is 0 Å². The number of imidazole rings is 1. The molecule has 0 aliphatic heterocycles. The molecule has 0 radical (unpaired) electrons. The number of hydrogen-bond acceptors (Lipinski definition) is 7. The van der Waals surface area contributed by atoms with E-state index in [2.05, 4.69) is 40.4 Å². The van der Waals surface area contributed by atoms with E-state index >= 15 is 4.39 Å². The van der Waals surface area contributed by atoms with Crippen LogP contribution in [0.3, 0.4) is 0 Å². The highest BCUT2D eigenvalue weighted by molar-refractivity contribution is 5.97. The van der Waals surface area contributed by atoms with Gasteiger partial charge in [-0.2, -0.15) is 9.49 Å². The summed E-state index contributed by atoms with van der Waals surface area (Å²) in [6.45, 7) is 0. The maximum absolute atomic E-state index is 15.0. The number of carbonyl (C=O) groups is 1. The second-order valence-corrected chi connectivity index (χ2v) is 8.88. The second-order valence-electron chi connectivity index (χ2n) is 8.88. The number of fused-ring (bicyclic) bond motifs is 2. The molecule has 1 saturated carbocycles. The molecule has 6 heterocycles. The number of nitrogens with zero attached hydrogens (tertiary/aromatic N) is 6. The van der Waals surface area contributed by atoms with Gasteiger partial charge in [-0.05, 0) is 43.2 Å². The monoisotopic (exact) mass is 491 g/mol. The van der Waals surface area contributed by atoms with Gasteiger partial charge < -0.3 is 10.3 Å². The summed E-state index contributed by atoms with van der Waals surface area (Å²) in [7, 11) is 0. The minimum atomic E-state index is -0.727. The zero-order valence-corrected chi connectivity index (χ0v) is 19.2. The smallest absolute Gasteiger partial charge is 0.241 e. The molecule has 11 heteroatoms. The second kappa shape index (κ2) is 8.26. The molecule has 0 atom stereocenters. The number of pyridine rings is 4. The van der Waals surface area contributed by atoms with Crippen LogP contribution in [0.5, 0.6) is 0 Å². The Labute approximate surface area is 208 Å². The maximum atomic E-state index is 15.0. The van der Waals surface area contributed by atoms with Crippen molar-refractivity contribution in [3.8, 4) is 34.2 Å². The summed E-state index contributed by atoms with van der Waals surface area (Å²) in [6, 6.07) is 10.9. The highest BCUT2D eigenvalue weighted by Gasteiger charge is 2.29. The highest BCUT2D eigenvalue weighted by Crippen LogP contribution is 2.33. The molecule has 10 nitrogen and oxygen atoms in total. The Kier molecular flexibility index (Phi) is 4.74. The lowest BCUT2D eigenvalue weighted by Gasteiger charge is -2.07. The van der Waals surface area contributed by atoms with Gasteiger partial charge in [-0.1, -0.05) is 6.07 Å². The Bertz CT molecular complexity index is 1810. The lowest BCUT2D eigenvalue weighted by atomic mass is 10.1.